The molecular formula is C21H20O. The molecule has 3 aromatic rings. The normalized spacial score (nSPS) is 10.6. The fourth-order valence-corrected chi connectivity index (χ4v) is 2.76. The zero-order chi connectivity index (χ0) is 15.2. The van der Waals surface area contributed by atoms with Crippen molar-refractivity contribution in [3.05, 3.63) is 84.4 Å². The van der Waals surface area contributed by atoms with Crippen molar-refractivity contribution in [2.24, 2.45) is 0 Å². The number of aliphatic hydroxyl groups is 1. The van der Waals surface area contributed by atoms with Gasteiger partial charge in [-0.25, -0.2) is 0 Å². The van der Waals surface area contributed by atoms with Crippen molar-refractivity contribution in [2.45, 2.75) is 12.8 Å². The Balaban J connectivity index is 2.09. The van der Waals surface area contributed by atoms with Crippen LogP contribution >= 0.6 is 0 Å². The van der Waals surface area contributed by atoms with Crippen LogP contribution in [0.5, 0.6) is 0 Å². The van der Waals surface area contributed by atoms with Crippen molar-refractivity contribution in [1.29, 1.82) is 0 Å². The third-order valence-electron chi connectivity index (χ3n) is 3.88. The van der Waals surface area contributed by atoms with Crippen molar-refractivity contribution in [1.82, 2.24) is 0 Å². The minimum Gasteiger partial charge on any atom is -0.396 e. The summed E-state index contributed by atoms with van der Waals surface area (Å²) in [5, 5.41) is 9.05. The second-order valence-corrected chi connectivity index (χ2v) is 5.44. The van der Waals surface area contributed by atoms with Crippen molar-refractivity contribution < 1.29 is 5.11 Å². The van der Waals surface area contributed by atoms with E-state index in [1.807, 2.05) is 12.1 Å². The van der Waals surface area contributed by atoms with Gasteiger partial charge in [-0.05, 0) is 40.7 Å². The predicted molar refractivity (Wildman–Crippen MR) is 92.7 cm³/mol. The first-order valence-electron chi connectivity index (χ1n) is 7.73. The van der Waals surface area contributed by atoms with Crippen LogP contribution in [0.2, 0.25) is 0 Å². The van der Waals surface area contributed by atoms with Crippen molar-refractivity contribution in [3.63, 3.8) is 0 Å². The predicted octanol–water partition coefficient (Wildman–Crippen LogP) is 4.95. The summed E-state index contributed by atoms with van der Waals surface area (Å²) in [5.74, 6) is 0. The Morgan fingerprint density at radius 2 is 1.23 bits per heavy atom. The van der Waals surface area contributed by atoms with Crippen LogP contribution in [0.15, 0.2) is 78.9 Å². The molecule has 0 aliphatic rings. The highest BCUT2D eigenvalue weighted by Gasteiger charge is 2.08. The molecule has 0 aliphatic carbocycles. The van der Waals surface area contributed by atoms with Gasteiger partial charge in [-0.3, -0.25) is 0 Å². The van der Waals surface area contributed by atoms with Gasteiger partial charge in [-0.2, -0.15) is 0 Å². The zero-order valence-corrected chi connectivity index (χ0v) is 12.6. The fraction of sp³-hybridized carbons (Fsp3) is 0.143. The maximum absolute atomic E-state index is 9.05. The Bertz CT molecular complexity index is 717. The molecule has 3 aromatic carbocycles. The summed E-state index contributed by atoms with van der Waals surface area (Å²) < 4.78 is 0. The summed E-state index contributed by atoms with van der Waals surface area (Å²) in [5.41, 5.74) is 6.23. The van der Waals surface area contributed by atoms with Crippen LogP contribution in [0.4, 0.5) is 0 Å². The molecule has 0 bridgehead atoms. The average Bonchev–Trinajstić information content (AvgIpc) is 2.61. The van der Waals surface area contributed by atoms with Gasteiger partial charge >= 0.3 is 0 Å². The summed E-state index contributed by atoms with van der Waals surface area (Å²) in [7, 11) is 0. The smallest absolute Gasteiger partial charge is 0.0434 e. The van der Waals surface area contributed by atoms with Crippen LogP contribution in [-0.4, -0.2) is 11.7 Å². The van der Waals surface area contributed by atoms with Gasteiger partial charge in [0.15, 0.2) is 0 Å². The van der Waals surface area contributed by atoms with Crippen molar-refractivity contribution in [2.75, 3.05) is 6.61 Å². The van der Waals surface area contributed by atoms with E-state index in [0.29, 0.717) is 0 Å². The Hall–Kier alpha value is -2.38. The monoisotopic (exact) mass is 288 g/mol. The van der Waals surface area contributed by atoms with Crippen LogP contribution < -0.4 is 0 Å². The van der Waals surface area contributed by atoms with E-state index in [1.54, 1.807) is 0 Å². The Kier molecular flexibility index (Phi) is 4.67. The molecule has 110 valence electrons. The lowest BCUT2D eigenvalue weighted by Crippen LogP contribution is -1.92. The third-order valence-corrected chi connectivity index (χ3v) is 3.88. The third kappa shape index (κ3) is 3.26. The largest absolute Gasteiger partial charge is 0.396 e. The van der Waals surface area contributed by atoms with Crippen molar-refractivity contribution >= 4 is 0 Å². The molecule has 3 rings (SSSR count). The maximum atomic E-state index is 9.05. The summed E-state index contributed by atoms with van der Waals surface area (Å²) in [6.45, 7) is 0.237. The molecule has 0 fully saturated rings. The molecular weight excluding hydrogens is 268 g/mol. The Morgan fingerprint density at radius 1 is 0.636 bits per heavy atom. The van der Waals surface area contributed by atoms with Gasteiger partial charge in [-0.15, -0.1) is 0 Å². The maximum Gasteiger partial charge on any atom is 0.0434 e. The van der Waals surface area contributed by atoms with E-state index in [1.165, 1.54) is 27.8 Å². The number of hydrogen-bond acceptors (Lipinski definition) is 1. The molecule has 0 saturated carbocycles. The van der Waals surface area contributed by atoms with Crippen LogP contribution in [0.1, 0.15) is 12.0 Å². The average molecular weight is 288 g/mol. The van der Waals surface area contributed by atoms with E-state index in [4.69, 9.17) is 5.11 Å². The van der Waals surface area contributed by atoms with E-state index in [-0.39, 0.29) is 6.61 Å². The van der Waals surface area contributed by atoms with E-state index in [9.17, 15) is 0 Å². The lowest BCUT2D eigenvalue weighted by Gasteiger charge is -2.13. The first-order chi connectivity index (χ1) is 10.9. The molecule has 0 amide bonds. The molecule has 22 heavy (non-hydrogen) atoms. The highest BCUT2D eigenvalue weighted by Crippen LogP contribution is 2.33. The number of hydrogen-bond donors (Lipinski definition) is 1. The zero-order valence-electron chi connectivity index (χ0n) is 12.6. The lowest BCUT2D eigenvalue weighted by atomic mass is 9.92. The first-order valence-corrected chi connectivity index (χ1v) is 7.73. The van der Waals surface area contributed by atoms with E-state index in [2.05, 4.69) is 66.7 Å². The molecule has 0 radical (unpaired) electrons. The van der Waals surface area contributed by atoms with Gasteiger partial charge in [-0.1, -0.05) is 78.9 Å². The van der Waals surface area contributed by atoms with Gasteiger partial charge < -0.3 is 5.11 Å². The van der Waals surface area contributed by atoms with Crippen LogP contribution in [-0.2, 0) is 6.42 Å². The molecule has 0 heterocycles. The summed E-state index contributed by atoms with van der Waals surface area (Å²) in [6, 6.07) is 27.6. The van der Waals surface area contributed by atoms with Gasteiger partial charge in [0.05, 0.1) is 0 Å². The van der Waals surface area contributed by atoms with E-state index >= 15 is 0 Å². The molecule has 0 unspecified atom stereocenters. The first kappa shape index (κ1) is 14.6. The summed E-state index contributed by atoms with van der Waals surface area (Å²) >= 11 is 0. The van der Waals surface area contributed by atoms with E-state index in [0.717, 1.165) is 12.8 Å². The highest BCUT2D eigenvalue weighted by molar-refractivity contribution is 5.83. The summed E-state index contributed by atoms with van der Waals surface area (Å²) in [4.78, 5) is 0. The minimum atomic E-state index is 0.237. The SMILES string of the molecule is OCCCc1ccc(-c2ccccc2)c(-c2ccccc2)c1. The number of aryl methyl sites for hydroxylation is 1. The quantitative estimate of drug-likeness (QED) is 0.704. The second-order valence-electron chi connectivity index (χ2n) is 5.44. The van der Waals surface area contributed by atoms with E-state index < -0.39 is 0 Å². The lowest BCUT2D eigenvalue weighted by molar-refractivity contribution is 0.288. The number of benzene rings is 3. The molecule has 0 aliphatic heterocycles. The van der Waals surface area contributed by atoms with Crippen LogP contribution in [0.3, 0.4) is 0 Å². The Labute approximate surface area is 131 Å². The minimum absolute atomic E-state index is 0.237. The molecule has 1 N–H and O–H groups in total. The number of aliphatic hydroxyl groups excluding tert-OH is 1. The van der Waals surface area contributed by atoms with Crippen molar-refractivity contribution in [3.8, 4) is 22.3 Å². The molecule has 0 aromatic heterocycles. The molecule has 1 heteroatoms. The van der Waals surface area contributed by atoms with Gasteiger partial charge in [0.1, 0.15) is 0 Å². The number of rotatable bonds is 5. The summed E-state index contributed by atoms with van der Waals surface area (Å²) in [6.07, 6.45) is 1.71. The van der Waals surface area contributed by atoms with Crippen LogP contribution in [0.25, 0.3) is 22.3 Å². The van der Waals surface area contributed by atoms with Gasteiger partial charge in [0.25, 0.3) is 0 Å². The molecule has 0 saturated heterocycles. The molecule has 0 atom stereocenters. The Morgan fingerprint density at radius 3 is 1.82 bits per heavy atom. The standard InChI is InChI=1S/C21H20O/c22-15-7-8-17-13-14-20(18-9-3-1-4-10-18)21(16-17)19-11-5-2-6-12-19/h1-6,9-14,16,22H,7-8,15H2. The fourth-order valence-electron chi connectivity index (χ4n) is 2.76. The molecule has 1 nitrogen and oxygen atoms in total. The second kappa shape index (κ2) is 7.06. The topological polar surface area (TPSA) is 20.2 Å². The van der Waals surface area contributed by atoms with Crippen LogP contribution in [0, 0.1) is 0 Å². The van der Waals surface area contributed by atoms with Gasteiger partial charge in [0, 0.05) is 6.61 Å². The van der Waals surface area contributed by atoms with Gasteiger partial charge in [0.2, 0.25) is 0 Å². The molecule has 0 spiro atoms. The highest BCUT2D eigenvalue weighted by atomic mass is 16.2.